The third-order valence-electron chi connectivity index (χ3n) is 4.32. The zero-order valence-electron chi connectivity index (χ0n) is 11.7. The maximum absolute atomic E-state index is 12.5. The first-order valence-electron chi connectivity index (χ1n) is 7.35. The highest BCUT2D eigenvalue weighted by atomic mass is 16.4. The summed E-state index contributed by atoms with van der Waals surface area (Å²) in [5.74, 6) is -0.633. The van der Waals surface area contributed by atoms with Crippen molar-refractivity contribution >= 4 is 12.0 Å². The van der Waals surface area contributed by atoms with Crippen LogP contribution < -0.4 is 0 Å². The third kappa shape index (κ3) is 3.61. The van der Waals surface area contributed by atoms with Crippen molar-refractivity contribution in [3.8, 4) is 0 Å². The SMILES string of the molecule is CC1CCCCCN1C(=O)N1CCC(CC(=O)O)C1. The quantitative estimate of drug-likeness (QED) is 0.835. The van der Waals surface area contributed by atoms with Crippen LogP contribution in [0.25, 0.3) is 0 Å². The zero-order chi connectivity index (χ0) is 13.8. The molecule has 108 valence electrons. The Morgan fingerprint density at radius 1 is 1.16 bits per heavy atom. The first-order chi connectivity index (χ1) is 9.08. The molecule has 2 aliphatic heterocycles. The predicted molar refractivity (Wildman–Crippen MR) is 72.0 cm³/mol. The molecule has 2 amide bonds. The maximum atomic E-state index is 12.5. The van der Waals surface area contributed by atoms with Gasteiger partial charge in [0, 0.05) is 32.1 Å². The molecule has 19 heavy (non-hydrogen) atoms. The van der Waals surface area contributed by atoms with Crippen LogP contribution in [0, 0.1) is 5.92 Å². The van der Waals surface area contributed by atoms with E-state index in [9.17, 15) is 9.59 Å². The number of carbonyl (C=O) groups is 2. The number of carbonyl (C=O) groups excluding carboxylic acids is 1. The molecule has 2 fully saturated rings. The van der Waals surface area contributed by atoms with Gasteiger partial charge < -0.3 is 14.9 Å². The lowest BCUT2D eigenvalue weighted by Gasteiger charge is -2.31. The summed E-state index contributed by atoms with van der Waals surface area (Å²) >= 11 is 0. The highest BCUT2D eigenvalue weighted by molar-refractivity contribution is 5.75. The van der Waals surface area contributed by atoms with Crippen LogP contribution in [0.5, 0.6) is 0 Å². The van der Waals surface area contributed by atoms with Gasteiger partial charge in [0.15, 0.2) is 0 Å². The number of rotatable bonds is 2. The average Bonchev–Trinajstić information content (AvgIpc) is 2.69. The van der Waals surface area contributed by atoms with Crippen LogP contribution in [-0.2, 0) is 4.79 Å². The number of carboxylic acid groups (broad SMARTS) is 1. The molecule has 2 aliphatic rings. The molecule has 0 bridgehead atoms. The normalized spacial score (nSPS) is 28.3. The van der Waals surface area contributed by atoms with Crippen molar-refractivity contribution in [2.24, 2.45) is 5.92 Å². The van der Waals surface area contributed by atoms with Gasteiger partial charge in [-0.15, -0.1) is 0 Å². The lowest BCUT2D eigenvalue weighted by atomic mass is 10.1. The van der Waals surface area contributed by atoms with Crippen molar-refractivity contribution in [1.29, 1.82) is 0 Å². The van der Waals surface area contributed by atoms with Crippen molar-refractivity contribution in [1.82, 2.24) is 9.80 Å². The van der Waals surface area contributed by atoms with E-state index in [1.807, 2.05) is 9.80 Å². The number of hydrogen-bond acceptors (Lipinski definition) is 2. The Morgan fingerprint density at radius 3 is 2.68 bits per heavy atom. The number of hydrogen-bond donors (Lipinski definition) is 1. The van der Waals surface area contributed by atoms with E-state index in [1.54, 1.807) is 0 Å². The minimum Gasteiger partial charge on any atom is -0.481 e. The number of aliphatic carboxylic acids is 1. The monoisotopic (exact) mass is 268 g/mol. The summed E-state index contributed by atoms with van der Waals surface area (Å²) in [6.07, 6.45) is 5.57. The van der Waals surface area contributed by atoms with Gasteiger partial charge in [0.2, 0.25) is 0 Å². The standard InChI is InChI=1S/C14H24N2O3/c1-11-5-3-2-4-7-16(11)14(19)15-8-6-12(10-15)9-13(17)18/h11-12H,2-10H2,1H3,(H,17,18). The Labute approximate surface area is 114 Å². The smallest absolute Gasteiger partial charge is 0.320 e. The van der Waals surface area contributed by atoms with Gasteiger partial charge in [-0.1, -0.05) is 12.8 Å². The Kier molecular flexibility index (Phi) is 4.66. The number of urea groups is 1. The van der Waals surface area contributed by atoms with Gasteiger partial charge in [-0.3, -0.25) is 4.79 Å². The van der Waals surface area contributed by atoms with E-state index in [4.69, 9.17) is 5.11 Å². The summed E-state index contributed by atoms with van der Waals surface area (Å²) in [7, 11) is 0. The molecule has 0 saturated carbocycles. The molecule has 0 aromatic rings. The molecule has 2 atom stereocenters. The number of likely N-dealkylation sites (tertiary alicyclic amines) is 2. The fraction of sp³-hybridized carbons (Fsp3) is 0.857. The molecular formula is C14H24N2O3. The summed E-state index contributed by atoms with van der Waals surface area (Å²) < 4.78 is 0. The first kappa shape index (κ1) is 14.2. The third-order valence-corrected chi connectivity index (χ3v) is 4.32. The van der Waals surface area contributed by atoms with Gasteiger partial charge >= 0.3 is 12.0 Å². The Bertz CT molecular complexity index is 346. The van der Waals surface area contributed by atoms with Gasteiger partial charge in [-0.05, 0) is 32.1 Å². The Hall–Kier alpha value is -1.26. The first-order valence-corrected chi connectivity index (χ1v) is 7.35. The van der Waals surface area contributed by atoms with Crippen LogP contribution in [0.1, 0.15) is 45.4 Å². The molecule has 2 saturated heterocycles. The molecule has 0 radical (unpaired) electrons. The van der Waals surface area contributed by atoms with Gasteiger partial charge in [-0.25, -0.2) is 4.79 Å². The number of carboxylic acids is 1. The summed E-state index contributed by atoms with van der Waals surface area (Å²) in [4.78, 5) is 27.0. The molecule has 2 heterocycles. The van der Waals surface area contributed by atoms with Gasteiger partial charge in [0.25, 0.3) is 0 Å². The minimum absolute atomic E-state index is 0.113. The van der Waals surface area contributed by atoms with Crippen molar-refractivity contribution in [2.45, 2.75) is 51.5 Å². The molecule has 0 spiro atoms. The maximum Gasteiger partial charge on any atom is 0.320 e. The van der Waals surface area contributed by atoms with Crippen LogP contribution in [0.4, 0.5) is 4.79 Å². The van der Waals surface area contributed by atoms with Crippen molar-refractivity contribution < 1.29 is 14.7 Å². The molecule has 2 unspecified atom stereocenters. The number of amides is 2. The zero-order valence-corrected chi connectivity index (χ0v) is 11.7. The second kappa shape index (κ2) is 6.26. The second-order valence-electron chi connectivity index (χ2n) is 5.87. The fourth-order valence-electron chi connectivity index (χ4n) is 3.16. The van der Waals surface area contributed by atoms with E-state index < -0.39 is 5.97 Å². The predicted octanol–water partition coefficient (Wildman–Crippen LogP) is 2.17. The highest BCUT2D eigenvalue weighted by Crippen LogP contribution is 2.23. The molecule has 0 aromatic carbocycles. The van der Waals surface area contributed by atoms with Crippen molar-refractivity contribution in [3.05, 3.63) is 0 Å². The van der Waals surface area contributed by atoms with Crippen molar-refractivity contribution in [2.75, 3.05) is 19.6 Å². The topological polar surface area (TPSA) is 60.9 Å². The molecule has 2 rings (SSSR count). The summed E-state index contributed by atoms with van der Waals surface area (Å²) in [5, 5.41) is 8.81. The van der Waals surface area contributed by atoms with Gasteiger partial charge in [-0.2, -0.15) is 0 Å². The van der Waals surface area contributed by atoms with E-state index in [0.29, 0.717) is 19.1 Å². The molecule has 5 nitrogen and oxygen atoms in total. The molecule has 0 aliphatic carbocycles. The van der Waals surface area contributed by atoms with Crippen molar-refractivity contribution in [3.63, 3.8) is 0 Å². The van der Waals surface area contributed by atoms with E-state index in [0.717, 1.165) is 25.8 Å². The lowest BCUT2D eigenvalue weighted by molar-refractivity contribution is -0.138. The molecular weight excluding hydrogens is 244 g/mol. The van der Waals surface area contributed by atoms with E-state index >= 15 is 0 Å². The second-order valence-corrected chi connectivity index (χ2v) is 5.87. The highest BCUT2D eigenvalue weighted by Gasteiger charge is 2.32. The summed E-state index contributed by atoms with van der Waals surface area (Å²) in [6, 6.07) is 0.427. The van der Waals surface area contributed by atoms with Crippen LogP contribution >= 0.6 is 0 Å². The molecule has 1 N–H and O–H groups in total. The Morgan fingerprint density at radius 2 is 1.95 bits per heavy atom. The number of nitrogens with zero attached hydrogens (tertiary/aromatic N) is 2. The van der Waals surface area contributed by atoms with E-state index in [-0.39, 0.29) is 18.4 Å². The summed E-state index contributed by atoms with van der Waals surface area (Å²) in [6.45, 7) is 4.28. The van der Waals surface area contributed by atoms with E-state index in [2.05, 4.69) is 6.92 Å². The Balaban J connectivity index is 1.90. The van der Waals surface area contributed by atoms with Gasteiger partial charge in [0.05, 0.1) is 0 Å². The summed E-state index contributed by atoms with van der Waals surface area (Å²) in [5.41, 5.74) is 0. The van der Waals surface area contributed by atoms with E-state index in [1.165, 1.54) is 12.8 Å². The van der Waals surface area contributed by atoms with Crippen LogP contribution in [-0.4, -0.2) is 52.6 Å². The lowest BCUT2D eigenvalue weighted by Crippen LogP contribution is -2.46. The minimum atomic E-state index is -0.762. The average molecular weight is 268 g/mol. The fourth-order valence-corrected chi connectivity index (χ4v) is 3.16. The van der Waals surface area contributed by atoms with Crippen LogP contribution in [0.15, 0.2) is 0 Å². The van der Waals surface area contributed by atoms with Crippen LogP contribution in [0.3, 0.4) is 0 Å². The van der Waals surface area contributed by atoms with Gasteiger partial charge in [0.1, 0.15) is 0 Å². The largest absolute Gasteiger partial charge is 0.481 e. The van der Waals surface area contributed by atoms with Crippen LogP contribution in [0.2, 0.25) is 0 Å². The molecule has 0 aromatic heterocycles. The molecule has 5 heteroatoms.